The highest BCUT2D eigenvalue weighted by Crippen LogP contribution is 2.23. The zero-order valence-corrected chi connectivity index (χ0v) is 12.9. The molecular formula is C15H15BrN2O2. The van der Waals surface area contributed by atoms with E-state index in [4.69, 9.17) is 4.74 Å². The number of amides is 1. The summed E-state index contributed by atoms with van der Waals surface area (Å²) >= 11 is 3.44. The van der Waals surface area contributed by atoms with E-state index in [0.29, 0.717) is 0 Å². The quantitative estimate of drug-likeness (QED) is 0.932. The van der Waals surface area contributed by atoms with Crippen molar-refractivity contribution >= 4 is 27.5 Å². The number of carbonyl (C=O) groups is 1. The average Bonchev–Trinajstić information content (AvgIpc) is 2.44. The molecule has 0 aliphatic rings. The molecule has 104 valence electrons. The maximum absolute atomic E-state index is 12.1. The normalized spacial score (nSPS) is 10.2. The van der Waals surface area contributed by atoms with E-state index in [9.17, 15) is 4.79 Å². The molecule has 0 unspecified atom stereocenters. The van der Waals surface area contributed by atoms with Crippen LogP contribution in [0, 0.1) is 6.92 Å². The number of aromatic nitrogens is 1. The lowest BCUT2D eigenvalue weighted by molar-refractivity contribution is -0.115. The van der Waals surface area contributed by atoms with E-state index in [0.717, 1.165) is 27.0 Å². The topological polar surface area (TPSA) is 51.2 Å². The first kappa shape index (κ1) is 14.5. The molecule has 0 spiro atoms. The van der Waals surface area contributed by atoms with Crippen molar-refractivity contribution in [2.24, 2.45) is 0 Å². The van der Waals surface area contributed by atoms with Crippen LogP contribution in [0.4, 0.5) is 5.69 Å². The molecule has 1 aromatic heterocycles. The van der Waals surface area contributed by atoms with E-state index >= 15 is 0 Å². The van der Waals surface area contributed by atoms with Gasteiger partial charge in [0.1, 0.15) is 5.75 Å². The van der Waals surface area contributed by atoms with E-state index in [1.165, 1.54) is 0 Å². The number of hydrogen-bond acceptors (Lipinski definition) is 3. The van der Waals surface area contributed by atoms with Crippen molar-refractivity contribution in [3.63, 3.8) is 0 Å². The zero-order valence-electron chi connectivity index (χ0n) is 11.3. The fraction of sp³-hybridized carbons (Fsp3) is 0.200. The number of halogens is 1. The number of methoxy groups -OCH3 is 1. The molecule has 0 bridgehead atoms. The molecule has 0 saturated heterocycles. The fourth-order valence-electron chi connectivity index (χ4n) is 1.79. The SMILES string of the molecule is COc1ccc(Br)c(CC(=O)Nc2ccncc2C)c1. The second-order valence-electron chi connectivity index (χ2n) is 4.37. The number of nitrogens with zero attached hydrogens (tertiary/aromatic N) is 1. The summed E-state index contributed by atoms with van der Waals surface area (Å²) in [6.45, 7) is 1.91. The number of carbonyl (C=O) groups excluding carboxylic acids is 1. The summed E-state index contributed by atoms with van der Waals surface area (Å²) in [4.78, 5) is 16.1. The molecule has 0 radical (unpaired) electrons. The molecule has 1 aromatic carbocycles. The van der Waals surface area contributed by atoms with Gasteiger partial charge in [-0.2, -0.15) is 0 Å². The predicted molar refractivity (Wildman–Crippen MR) is 82.0 cm³/mol. The summed E-state index contributed by atoms with van der Waals surface area (Å²) in [6.07, 6.45) is 3.65. The first-order chi connectivity index (χ1) is 9.60. The van der Waals surface area contributed by atoms with Crippen LogP contribution in [0.25, 0.3) is 0 Å². The van der Waals surface area contributed by atoms with Gasteiger partial charge in [0, 0.05) is 22.6 Å². The Morgan fingerprint density at radius 3 is 2.90 bits per heavy atom. The molecule has 0 aliphatic carbocycles. The van der Waals surface area contributed by atoms with Crippen molar-refractivity contribution in [1.29, 1.82) is 0 Å². The minimum atomic E-state index is -0.0757. The molecule has 2 aromatic rings. The number of rotatable bonds is 4. The summed E-state index contributed by atoms with van der Waals surface area (Å²) in [7, 11) is 1.60. The van der Waals surface area contributed by atoms with Gasteiger partial charge in [0.15, 0.2) is 0 Å². The summed E-state index contributed by atoms with van der Waals surface area (Å²) in [5.41, 5.74) is 2.60. The summed E-state index contributed by atoms with van der Waals surface area (Å²) < 4.78 is 6.06. The zero-order chi connectivity index (χ0) is 14.5. The molecule has 1 amide bonds. The monoisotopic (exact) mass is 334 g/mol. The molecule has 0 aliphatic heterocycles. The largest absolute Gasteiger partial charge is 0.497 e. The number of hydrogen-bond donors (Lipinski definition) is 1. The highest BCUT2D eigenvalue weighted by molar-refractivity contribution is 9.10. The molecular weight excluding hydrogens is 320 g/mol. The van der Waals surface area contributed by atoms with Gasteiger partial charge in [-0.25, -0.2) is 0 Å². The summed E-state index contributed by atoms with van der Waals surface area (Å²) in [5.74, 6) is 0.657. The molecule has 2 rings (SSSR count). The molecule has 5 heteroatoms. The Kier molecular flexibility index (Phi) is 4.74. The van der Waals surface area contributed by atoms with Crippen LogP contribution in [0.3, 0.4) is 0 Å². The van der Waals surface area contributed by atoms with Gasteiger partial charge in [-0.15, -0.1) is 0 Å². The average molecular weight is 335 g/mol. The van der Waals surface area contributed by atoms with Crippen LogP contribution in [0.15, 0.2) is 41.1 Å². The van der Waals surface area contributed by atoms with Gasteiger partial charge >= 0.3 is 0 Å². The minimum Gasteiger partial charge on any atom is -0.497 e. The Labute approximate surface area is 126 Å². The number of benzene rings is 1. The number of aryl methyl sites for hydroxylation is 1. The van der Waals surface area contributed by atoms with Crippen LogP contribution in [0.2, 0.25) is 0 Å². The first-order valence-corrected chi connectivity index (χ1v) is 6.92. The van der Waals surface area contributed by atoms with Crippen molar-refractivity contribution in [2.75, 3.05) is 12.4 Å². The number of anilines is 1. The van der Waals surface area contributed by atoms with Crippen LogP contribution in [0.5, 0.6) is 5.75 Å². The highest BCUT2D eigenvalue weighted by atomic mass is 79.9. The Bertz CT molecular complexity index is 629. The standard InChI is InChI=1S/C15H15BrN2O2/c1-10-9-17-6-5-14(10)18-15(19)8-11-7-12(20-2)3-4-13(11)16/h3-7,9H,8H2,1-2H3,(H,17,18,19). The van der Waals surface area contributed by atoms with E-state index in [1.54, 1.807) is 25.6 Å². The third kappa shape index (κ3) is 3.57. The number of pyridine rings is 1. The Morgan fingerprint density at radius 1 is 1.40 bits per heavy atom. The molecule has 0 atom stereocenters. The summed E-state index contributed by atoms with van der Waals surface area (Å²) in [5, 5.41) is 2.88. The van der Waals surface area contributed by atoms with Gasteiger partial charge < -0.3 is 10.1 Å². The lowest BCUT2D eigenvalue weighted by Crippen LogP contribution is -2.15. The molecule has 20 heavy (non-hydrogen) atoms. The van der Waals surface area contributed by atoms with Gasteiger partial charge in [0.25, 0.3) is 0 Å². The number of nitrogens with one attached hydrogen (secondary N) is 1. The second-order valence-corrected chi connectivity index (χ2v) is 5.23. The molecule has 0 fully saturated rings. The number of ether oxygens (including phenoxy) is 1. The van der Waals surface area contributed by atoms with Crippen LogP contribution in [-0.4, -0.2) is 18.0 Å². The van der Waals surface area contributed by atoms with Crippen LogP contribution in [-0.2, 0) is 11.2 Å². The van der Waals surface area contributed by atoms with Crippen LogP contribution >= 0.6 is 15.9 Å². The predicted octanol–water partition coefficient (Wildman–Crippen LogP) is 3.34. The van der Waals surface area contributed by atoms with Gasteiger partial charge in [-0.3, -0.25) is 9.78 Å². The highest BCUT2D eigenvalue weighted by Gasteiger charge is 2.09. The lowest BCUT2D eigenvalue weighted by atomic mass is 10.1. The molecule has 0 saturated carbocycles. The maximum atomic E-state index is 12.1. The summed E-state index contributed by atoms with van der Waals surface area (Å²) in [6, 6.07) is 7.36. The lowest BCUT2D eigenvalue weighted by Gasteiger charge is -2.09. The van der Waals surface area contributed by atoms with E-state index in [2.05, 4.69) is 26.2 Å². The Balaban J connectivity index is 2.10. The molecule has 4 nitrogen and oxygen atoms in total. The fourth-order valence-corrected chi connectivity index (χ4v) is 2.18. The van der Waals surface area contributed by atoms with Crippen molar-refractivity contribution < 1.29 is 9.53 Å². The third-order valence-electron chi connectivity index (χ3n) is 2.90. The minimum absolute atomic E-state index is 0.0757. The van der Waals surface area contributed by atoms with E-state index < -0.39 is 0 Å². The van der Waals surface area contributed by atoms with Crippen molar-refractivity contribution in [3.05, 3.63) is 52.3 Å². The first-order valence-electron chi connectivity index (χ1n) is 6.13. The van der Waals surface area contributed by atoms with E-state index in [-0.39, 0.29) is 12.3 Å². The molecule has 1 N–H and O–H groups in total. The molecule has 1 heterocycles. The maximum Gasteiger partial charge on any atom is 0.228 e. The second kappa shape index (κ2) is 6.52. The van der Waals surface area contributed by atoms with E-state index in [1.807, 2.05) is 25.1 Å². The van der Waals surface area contributed by atoms with Crippen molar-refractivity contribution in [1.82, 2.24) is 4.98 Å². The van der Waals surface area contributed by atoms with Gasteiger partial charge in [-0.1, -0.05) is 15.9 Å². The Morgan fingerprint density at radius 2 is 2.20 bits per heavy atom. The van der Waals surface area contributed by atoms with Crippen molar-refractivity contribution in [3.8, 4) is 5.75 Å². The van der Waals surface area contributed by atoms with Crippen LogP contribution in [0.1, 0.15) is 11.1 Å². The van der Waals surface area contributed by atoms with Crippen LogP contribution < -0.4 is 10.1 Å². The smallest absolute Gasteiger partial charge is 0.228 e. The third-order valence-corrected chi connectivity index (χ3v) is 3.67. The van der Waals surface area contributed by atoms with Gasteiger partial charge in [0.05, 0.1) is 13.5 Å². The van der Waals surface area contributed by atoms with Gasteiger partial charge in [-0.05, 0) is 42.3 Å². The van der Waals surface area contributed by atoms with Crippen molar-refractivity contribution in [2.45, 2.75) is 13.3 Å². The Hall–Kier alpha value is -1.88. The van der Waals surface area contributed by atoms with Gasteiger partial charge in [0.2, 0.25) is 5.91 Å².